The second-order valence-corrected chi connectivity index (χ2v) is 8.69. The normalized spacial score (nSPS) is 15.3. The molecule has 0 saturated carbocycles. The number of aromatic nitrogens is 1. The molecule has 1 aliphatic carbocycles. The number of aliphatic carboxylic acids is 1. The Morgan fingerprint density at radius 2 is 1.73 bits per heavy atom. The van der Waals surface area contributed by atoms with Crippen molar-refractivity contribution < 1.29 is 19.5 Å². The molecule has 0 spiro atoms. The number of halogens is 2. The van der Waals surface area contributed by atoms with E-state index in [0.717, 1.165) is 16.8 Å². The highest BCUT2D eigenvalue weighted by Crippen LogP contribution is 2.35. The summed E-state index contributed by atoms with van der Waals surface area (Å²) < 4.78 is 0. The van der Waals surface area contributed by atoms with E-state index in [1.165, 1.54) is 12.4 Å². The summed E-state index contributed by atoms with van der Waals surface area (Å²) in [7, 11) is 0. The van der Waals surface area contributed by atoms with E-state index >= 15 is 0 Å². The van der Waals surface area contributed by atoms with E-state index in [-0.39, 0.29) is 27.8 Å². The van der Waals surface area contributed by atoms with Crippen molar-refractivity contribution in [2.45, 2.75) is 51.5 Å². The maximum Gasteiger partial charge on any atom is 0.306 e. The third-order valence-corrected chi connectivity index (χ3v) is 6.45. The monoisotopic (exact) mass is 489 g/mol. The number of ketones is 1. The number of nitrogens with zero attached hydrogens (tertiary/aromatic N) is 1. The Bertz CT molecular complexity index is 1090. The van der Waals surface area contributed by atoms with Crippen molar-refractivity contribution in [1.82, 2.24) is 10.3 Å². The largest absolute Gasteiger partial charge is 0.481 e. The summed E-state index contributed by atoms with van der Waals surface area (Å²) in [6.45, 7) is 3.83. The zero-order chi connectivity index (χ0) is 24.2. The number of benzene rings is 1. The molecule has 3 N–H and O–H groups in total. The second kappa shape index (κ2) is 10.4. The van der Waals surface area contributed by atoms with Crippen LogP contribution in [0.15, 0.2) is 47.9 Å². The third kappa shape index (κ3) is 5.37. The van der Waals surface area contributed by atoms with Crippen molar-refractivity contribution >= 4 is 46.5 Å². The van der Waals surface area contributed by atoms with Crippen LogP contribution < -0.4 is 10.6 Å². The van der Waals surface area contributed by atoms with Gasteiger partial charge in [-0.2, -0.15) is 0 Å². The van der Waals surface area contributed by atoms with E-state index in [1.54, 1.807) is 24.3 Å². The second-order valence-electron chi connectivity index (χ2n) is 7.87. The first-order chi connectivity index (χ1) is 15.7. The lowest BCUT2D eigenvalue weighted by Gasteiger charge is -2.35. The van der Waals surface area contributed by atoms with Gasteiger partial charge in [-0.3, -0.25) is 19.4 Å². The molecule has 174 valence electrons. The first-order valence-corrected chi connectivity index (χ1v) is 11.4. The summed E-state index contributed by atoms with van der Waals surface area (Å²) in [5.74, 6) is -1.33. The number of hydrogen-bond acceptors (Lipinski definition) is 5. The Labute approximate surface area is 202 Å². The number of nitrogens with one attached hydrogen (secondary N) is 2. The fraction of sp³-hybridized carbons (Fsp3) is 0.333. The van der Waals surface area contributed by atoms with Gasteiger partial charge >= 0.3 is 5.97 Å². The van der Waals surface area contributed by atoms with Gasteiger partial charge in [0, 0.05) is 35.8 Å². The lowest BCUT2D eigenvalue weighted by molar-refractivity contribution is -0.138. The van der Waals surface area contributed by atoms with Gasteiger partial charge in [0.05, 0.1) is 27.6 Å². The Kier molecular flexibility index (Phi) is 7.76. The minimum absolute atomic E-state index is 0.104. The molecule has 0 bridgehead atoms. The van der Waals surface area contributed by atoms with Crippen molar-refractivity contribution in [3.8, 4) is 0 Å². The molecule has 0 fully saturated rings. The first kappa shape index (κ1) is 24.7. The number of anilines is 1. The highest BCUT2D eigenvalue weighted by molar-refractivity contribution is 6.40. The minimum atomic E-state index is -0.952. The summed E-state index contributed by atoms with van der Waals surface area (Å²) in [6.07, 6.45) is 4.61. The zero-order valence-electron chi connectivity index (χ0n) is 18.4. The number of hydrogen-bond donors (Lipinski definition) is 3. The van der Waals surface area contributed by atoms with Crippen LogP contribution in [0.2, 0.25) is 10.0 Å². The van der Waals surface area contributed by atoms with Crippen LogP contribution in [-0.4, -0.2) is 27.8 Å². The Morgan fingerprint density at radius 1 is 1.09 bits per heavy atom. The van der Waals surface area contributed by atoms with Gasteiger partial charge in [0.1, 0.15) is 0 Å². The van der Waals surface area contributed by atoms with Crippen molar-refractivity contribution in [3.05, 3.63) is 69.1 Å². The van der Waals surface area contributed by atoms with E-state index in [9.17, 15) is 19.5 Å². The fourth-order valence-electron chi connectivity index (χ4n) is 4.13. The lowest BCUT2D eigenvalue weighted by atomic mass is 9.83. The zero-order valence-corrected chi connectivity index (χ0v) is 19.9. The van der Waals surface area contributed by atoms with Gasteiger partial charge in [-0.15, -0.1) is 0 Å². The predicted molar refractivity (Wildman–Crippen MR) is 128 cm³/mol. The number of carboxylic acid groups (broad SMARTS) is 1. The van der Waals surface area contributed by atoms with Gasteiger partial charge in [0.25, 0.3) is 5.91 Å². The van der Waals surface area contributed by atoms with Crippen LogP contribution in [-0.2, 0) is 15.1 Å². The van der Waals surface area contributed by atoms with Gasteiger partial charge in [0.15, 0.2) is 5.78 Å². The average molecular weight is 490 g/mol. The van der Waals surface area contributed by atoms with Gasteiger partial charge in [-0.1, -0.05) is 49.2 Å². The summed E-state index contributed by atoms with van der Waals surface area (Å²) in [5.41, 5.74) is 2.01. The molecule has 1 aromatic heterocycles. The number of Topliss-reactive ketones (excluding diaryl/α,β-unsaturated/α-hetero) is 1. The predicted octanol–water partition coefficient (Wildman–Crippen LogP) is 5.34. The molecule has 1 amide bonds. The average Bonchev–Trinajstić information content (AvgIpc) is 3.12. The number of carboxylic acids is 1. The first-order valence-electron chi connectivity index (χ1n) is 10.7. The van der Waals surface area contributed by atoms with E-state index in [1.807, 2.05) is 13.8 Å². The summed E-state index contributed by atoms with van der Waals surface area (Å²) in [5, 5.41) is 16.1. The molecule has 3 rings (SSSR count). The smallest absolute Gasteiger partial charge is 0.306 e. The van der Waals surface area contributed by atoms with Crippen LogP contribution in [0, 0.1) is 0 Å². The molecular formula is C24H25Cl2N3O4. The van der Waals surface area contributed by atoms with E-state index in [0.29, 0.717) is 31.4 Å². The molecular weight excluding hydrogens is 465 g/mol. The molecule has 1 heterocycles. The van der Waals surface area contributed by atoms with Gasteiger partial charge in [0.2, 0.25) is 0 Å². The van der Waals surface area contributed by atoms with E-state index < -0.39 is 17.4 Å². The molecule has 1 aliphatic rings. The van der Waals surface area contributed by atoms with Crippen LogP contribution in [0.25, 0.3) is 0 Å². The third-order valence-electron chi connectivity index (χ3n) is 5.88. The quantitative estimate of drug-likeness (QED) is 0.438. The molecule has 7 nitrogen and oxygen atoms in total. The highest BCUT2D eigenvalue weighted by Gasteiger charge is 2.36. The molecule has 1 aromatic carbocycles. The topological polar surface area (TPSA) is 108 Å². The molecule has 9 heteroatoms. The maximum absolute atomic E-state index is 12.6. The summed E-state index contributed by atoms with van der Waals surface area (Å²) in [4.78, 5) is 40.4. The molecule has 2 aromatic rings. The van der Waals surface area contributed by atoms with Gasteiger partial charge in [-0.05, 0) is 37.0 Å². The minimum Gasteiger partial charge on any atom is -0.481 e. The SMILES string of the molecule is CCC1=C(NC(CC)(CC(=O)O)c2ccc(NC(=O)c3c(Cl)cncc3Cl)cc2)CCC1=O. The summed E-state index contributed by atoms with van der Waals surface area (Å²) >= 11 is 12.1. The van der Waals surface area contributed by atoms with Crippen LogP contribution in [0.5, 0.6) is 0 Å². The standard InChI is InChI=1S/C24H25Cl2N3O4/c1-3-16-19(9-10-20(16)30)29-24(4-2,11-21(31)32)14-5-7-15(8-6-14)28-23(33)22-17(25)12-27-13-18(22)26/h5-8,12-13,29H,3-4,9-11H2,1-2H3,(H,28,33)(H,31,32). The number of rotatable bonds is 9. The summed E-state index contributed by atoms with van der Waals surface area (Å²) in [6, 6.07) is 6.93. The van der Waals surface area contributed by atoms with Crippen LogP contribution in [0.1, 0.15) is 61.9 Å². The van der Waals surface area contributed by atoms with E-state index in [4.69, 9.17) is 23.2 Å². The Morgan fingerprint density at radius 3 is 2.27 bits per heavy atom. The highest BCUT2D eigenvalue weighted by atomic mass is 35.5. The van der Waals surface area contributed by atoms with Crippen molar-refractivity contribution in [1.29, 1.82) is 0 Å². The van der Waals surface area contributed by atoms with Crippen molar-refractivity contribution in [3.63, 3.8) is 0 Å². The molecule has 0 saturated heterocycles. The van der Waals surface area contributed by atoms with Crippen molar-refractivity contribution in [2.24, 2.45) is 0 Å². The van der Waals surface area contributed by atoms with E-state index in [2.05, 4.69) is 15.6 Å². The van der Waals surface area contributed by atoms with Gasteiger partial charge < -0.3 is 15.7 Å². The lowest BCUT2D eigenvalue weighted by Crippen LogP contribution is -2.43. The Balaban J connectivity index is 1.90. The fourth-order valence-corrected chi connectivity index (χ4v) is 4.67. The molecule has 0 aliphatic heterocycles. The van der Waals surface area contributed by atoms with Crippen LogP contribution >= 0.6 is 23.2 Å². The van der Waals surface area contributed by atoms with Crippen LogP contribution in [0.3, 0.4) is 0 Å². The molecule has 33 heavy (non-hydrogen) atoms. The van der Waals surface area contributed by atoms with Crippen molar-refractivity contribution in [2.75, 3.05) is 5.32 Å². The van der Waals surface area contributed by atoms with Gasteiger partial charge in [-0.25, -0.2) is 0 Å². The number of pyridine rings is 1. The molecule has 0 radical (unpaired) electrons. The molecule has 1 unspecified atom stereocenters. The Hall–Kier alpha value is -2.90. The molecule has 1 atom stereocenters. The number of carbonyl (C=O) groups excluding carboxylic acids is 2. The number of allylic oxidation sites excluding steroid dienone is 2. The number of carbonyl (C=O) groups is 3. The van der Waals surface area contributed by atoms with Crippen LogP contribution in [0.4, 0.5) is 5.69 Å². The number of amides is 1. The maximum atomic E-state index is 12.6.